The van der Waals surface area contributed by atoms with Gasteiger partial charge in [-0.1, -0.05) is 22.6 Å². The molecule has 0 aliphatic heterocycles. The second-order valence-electron chi connectivity index (χ2n) is 4.63. The Morgan fingerprint density at radius 1 is 1.35 bits per heavy atom. The SMILES string of the molecule is Cc1noc(C(C)NC(=O)Nc2nnc(-c3ccccn3)s2)n1. The van der Waals surface area contributed by atoms with Crippen LogP contribution in [0.2, 0.25) is 0 Å². The van der Waals surface area contributed by atoms with Crippen LogP contribution in [0.4, 0.5) is 9.93 Å². The van der Waals surface area contributed by atoms with Gasteiger partial charge in [0.25, 0.3) is 0 Å². The standard InChI is InChI=1S/C13H13N7O2S/c1-7(10-16-8(2)20-22-10)15-12(21)17-13-19-18-11(23-13)9-5-3-4-6-14-9/h3-7H,1-2H3,(H2,15,17,19,21). The van der Waals surface area contributed by atoms with Gasteiger partial charge in [-0.25, -0.2) is 4.79 Å². The van der Waals surface area contributed by atoms with E-state index < -0.39 is 12.1 Å². The van der Waals surface area contributed by atoms with Crippen LogP contribution in [0.1, 0.15) is 24.7 Å². The number of nitrogens with one attached hydrogen (secondary N) is 2. The number of nitrogens with zero attached hydrogens (tertiary/aromatic N) is 5. The van der Waals surface area contributed by atoms with Crippen molar-refractivity contribution in [1.29, 1.82) is 0 Å². The van der Waals surface area contributed by atoms with Gasteiger partial charge < -0.3 is 9.84 Å². The summed E-state index contributed by atoms with van der Waals surface area (Å²) in [4.78, 5) is 20.2. The molecule has 0 saturated heterocycles. The average Bonchev–Trinajstić information content (AvgIpc) is 3.17. The zero-order valence-electron chi connectivity index (χ0n) is 12.3. The summed E-state index contributed by atoms with van der Waals surface area (Å²) in [6, 6.07) is 4.65. The Hall–Kier alpha value is -2.88. The average molecular weight is 331 g/mol. The van der Waals surface area contributed by atoms with Gasteiger partial charge in [0.1, 0.15) is 11.7 Å². The topological polar surface area (TPSA) is 119 Å². The largest absolute Gasteiger partial charge is 0.337 e. The van der Waals surface area contributed by atoms with Gasteiger partial charge >= 0.3 is 6.03 Å². The minimum atomic E-state index is -0.433. The number of urea groups is 1. The lowest BCUT2D eigenvalue weighted by Crippen LogP contribution is -2.31. The molecule has 0 saturated carbocycles. The molecular weight excluding hydrogens is 318 g/mol. The third-order valence-electron chi connectivity index (χ3n) is 2.79. The summed E-state index contributed by atoms with van der Waals surface area (Å²) in [6.07, 6.45) is 1.67. The number of anilines is 1. The fourth-order valence-electron chi connectivity index (χ4n) is 1.75. The number of hydrogen-bond acceptors (Lipinski definition) is 8. The number of hydrogen-bond donors (Lipinski definition) is 2. The maximum atomic E-state index is 12.0. The molecule has 118 valence electrons. The number of carbonyl (C=O) groups excluding carboxylic acids is 1. The first-order valence-corrected chi connectivity index (χ1v) is 7.56. The van der Waals surface area contributed by atoms with E-state index in [1.54, 1.807) is 20.0 Å². The molecule has 2 N–H and O–H groups in total. The summed E-state index contributed by atoms with van der Waals surface area (Å²) in [6.45, 7) is 3.45. The number of aryl methyl sites for hydroxylation is 1. The van der Waals surface area contributed by atoms with Gasteiger partial charge in [0.2, 0.25) is 11.0 Å². The summed E-state index contributed by atoms with van der Waals surface area (Å²) in [7, 11) is 0. The van der Waals surface area contributed by atoms with Crippen LogP contribution in [0.5, 0.6) is 0 Å². The molecular formula is C13H13N7O2S. The highest BCUT2D eigenvalue weighted by molar-refractivity contribution is 7.18. The second-order valence-corrected chi connectivity index (χ2v) is 5.60. The van der Waals surface area contributed by atoms with Gasteiger partial charge in [-0.05, 0) is 26.0 Å². The minimum Gasteiger partial charge on any atom is -0.337 e. The van der Waals surface area contributed by atoms with E-state index in [0.717, 1.165) is 0 Å². The highest BCUT2D eigenvalue weighted by Crippen LogP contribution is 2.24. The predicted molar refractivity (Wildman–Crippen MR) is 82.7 cm³/mol. The Morgan fingerprint density at radius 2 is 2.22 bits per heavy atom. The maximum absolute atomic E-state index is 12.0. The molecule has 10 heteroatoms. The molecule has 3 aromatic heterocycles. The smallest absolute Gasteiger partial charge is 0.321 e. The highest BCUT2D eigenvalue weighted by atomic mass is 32.1. The van der Waals surface area contributed by atoms with E-state index in [1.165, 1.54) is 11.3 Å². The van der Waals surface area contributed by atoms with Crippen molar-refractivity contribution >= 4 is 22.5 Å². The van der Waals surface area contributed by atoms with Crippen molar-refractivity contribution < 1.29 is 9.32 Å². The lowest BCUT2D eigenvalue weighted by Gasteiger charge is -2.08. The fraction of sp³-hybridized carbons (Fsp3) is 0.231. The Kier molecular flexibility index (Phi) is 4.24. The molecule has 0 spiro atoms. The van der Waals surface area contributed by atoms with Gasteiger partial charge in [-0.3, -0.25) is 10.3 Å². The summed E-state index contributed by atoms with van der Waals surface area (Å²) in [5.74, 6) is 0.849. The van der Waals surface area contributed by atoms with E-state index in [9.17, 15) is 4.79 Å². The van der Waals surface area contributed by atoms with Gasteiger partial charge in [-0.15, -0.1) is 10.2 Å². The van der Waals surface area contributed by atoms with Gasteiger partial charge in [0, 0.05) is 6.20 Å². The van der Waals surface area contributed by atoms with Crippen LogP contribution in [0, 0.1) is 6.92 Å². The zero-order chi connectivity index (χ0) is 16.2. The molecule has 9 nitrogen and oxygen atoms in total. The fourth-order valence-corrected chi connectivity index (χ4v) is 2.46. The van der Waals surface area contributed by atoms with E-state index in [0.29, 0.717) is 27.5 Å². The maximum Gasteiger partial charge on any atom is 0.321 e. The molecule has 0 aromatic carbocycles. The first kappa shape index (κ1) is 15.0. The van der Waals surface area contributed by atoms with Crippen molar-refractivity contribution in [3.63, 3.8) is 0 Å². The molecule has 1 atom stereocenters. The summed E-state index contributed by atoms with van der Waals surface area (Å²) >= 11 is 1.23. The monoisotopic (exact) mass is 331 g/mol. The Labute approximate surface area is 135 Å². The van der Waals surface area contributed by atoms with E-state index in [2.05, 4.69) is 36.0 Å². The summed E-state index contributed by atoms with van der Waals surface area (Å²) in [5.41, 5.74) is 0.702. The summed E-state index contributed by atoms with van der Waals surface area (Å²) < 4.78 is 5.00. The molecule has 0 aliphatic carbocycles. The second kappa shape index (κ2) is 6.48. The van der Waals surface area contributed by atoms with E-state index >= 15 is 0 Å². The third-order valence-corrected chi connectivity index (χ3v) is 3.65. The van der Waals surface area contributed by atoms with Crippen LogP contribution >= 0.6 is 11.3 Å². The Balaban J connectivity index is 1.61. The van der Waals surface area contributed by atoms with E-state index in [1.807, 2.05) is 18.2 Å². The lowest BCUT2D eigenvalue weighted by molar-refractivity contribution is 0.245. The Morgan fingerprint density at radius 3 is 2.91 bits per heavy atom. The van der Waals surface area contributed by atoms with Crippen molar-refractivity contribution in [1.82, 2.24) is 30.6 Å². The quantitative estimate of drug-likeness (QED) is 0.752. The third kappa shape index (κ3) is 3.66. The summed E-state index contributed by atoms with van der Waals surface area (Å²) in [5, 5.41) is 17.9. The first-order valence-electron chi connectivity index (χ1n) is 6.74. The van der Waals surface area contributed by atoms with Gasteiger partial charge in [0.05, 0.1) is 0 Å². The van der Waals surface area contributed by atoms with Crippen LogP contribution in [0.3, 0.4) is 0 Å². The molecule has 0 bridgehead atoms. The zero-order valence-corrected chi connectivity index (χ0v) is 13.2. The molecule has 0 aliphatic rings. The van der Waals surface area contributed by atoms with Gasteiger partial charge in [0.15, 0.2) is 10.8 Å². The van der Waals surface area contributed by atoms with Crippen LogP contribution in [-0.2, 0) is 0 Å². The van der Waals surface area contributed by atoms with Crippen molar-refractivity contribution in [2.45, 2.75) is 19.9 Å². The number of carbonyl (C=O) groups is 1. The van der Waals surface area contributed by atoms with Gasteiger partial charge in [-0.2, -0.15) is 4.98 Å². The van der Waals surface area contributed by atoms with Crippen molar-refractivity contribution in [3.05, 3.63) is 36.1 Å². The molecule has 3 aromatic rings. The molecule has 0 radical (unpaired) electrons. The normalized spacial score (nSPS) is 11.9. The number of aromatic nitrogens is 5. The molecule has 1 unspecified atom stereocenters. The van der Waals surface area contributed by atoms with Crippen molar-refractivity contribution in [2.24, 2.45) is 0 Å². The predicted octanol–water partition coefficient (Wildman–Crippen LogP) is 2.17. The number of rotatable bonds is 4. The van der Waals surface area contributed by atoms with Crippen molar-refractivity contribution in [3.8, 4) is 10.7 Å². The molecule has 23 heavy (non-hydrogen) atoms. The number of amides is 2. The molecule has 3 rings (SSSR count). The van der Waals surface area contributed by atoms with Crippen LogP contribution in [0.25, 0.3) is 10.7 Å². The lowest BCUT2D eigenvalue weighted by atomic mass is 10.3. The molecule has 2 amide bonds. The highest BCUT2D eigenvalue weighted by Gasteiger charge is 2.17. The molecule has 3 heterocycles. The van der Waals surface area contributed by atoms with E-state index in [4.69, 9.17) is 4.52 Å². The minimum absolute atomic E-state index is 0.337. The van der Waals surface area contributed by atoms with Crippen LogP contribution < -0.4 is 10.6 Å². The van der Waals surface area contributed by atoms with Crippen LogP contribution in [0.15, 0.2) is 28.9 Å². The van der Waals surface area contributed by atoms with Crippen molar-refractivity contribution in [2.75, 3.05) is 5.32 Å². The Bertz CT molecular complexity index is 802. The first-order chi connectivity index (χ1) is 11.1. The van der Waals surface area contributed by atoms with Crippen LogP contribution in [-0.4, -0.2) is 31.4 Å². The number of pyridine rings is 1. The van der Waals surface area contributed by atoms with E-state index in [-0.39, 0.29) is 0 Å². The molecule has 0 fully saturated rings.